The number of rotatable bonds is 3. The fraction of sp³-hybridized carbons (Fsp3) is 0.316. The highest BCUT2D eigenvalue weighted by molar-refractivity contribution is 6.30. The van der Waals surface area contributed by atoms with E-state index in [0.717, 1.165) is 0 Å². The van der Waals surface area contributed by atoms with Crippen LogP contribution >= 0.6 is 11.6 Å². The van der Waals surface area contributed by atoms with Gasteiger partial charge in [0, 0.05) is 37.6 Å². The van der Waals surface area contributed by atoms with Crippen LogP contribution in [0.5, 0.6) is 0 Å². The fourth-order valence-electron chi connectivity index (χ4n) is 3.43. The average molecular weight is 399 g/mol. The molecule has 9 heteroatoms. The predicted octanol–water partition coefficient (Wildman–Crippen LogP) is 2.58. The van der Waals surface area contributed by atoms with Crippen LogP contribution in [0.3, 0.4) is 0 Å². The van der Waals surface area contributed by atoms with E-state index in [0.29, 0.717) is 53.7 Å². The molecule has 0 spiro atoms. The third-order valence-electron chi connectivity index (χ3n) is 4.92. The van der Waals surface area contributed by atoms with E-state index in [4.69, 9.17) is 11.6 Å². The van der Waals surface area contributed by atoms with E-state index in [1.54, 1.807) is 46.9 Å². The van der Waals surface area contributed by atoms with Crippen LogP contribution < -0.4 is 5.32 Å². The number of nitrogens with zero attached hydrogens (tertiary/aromatic N) is 5. The SMILES string of the molecule is Cc1nn2cccnc2c1C(=O)N1CCC(C(=O)Nc2ccc(Cl)cn2)CC1. The quantitative estimate of drug-likeness (QED) is 0.732. The number of piperidine rings is 1. The Morgan fingerprint density at radius 2 is 2.00 bits per heavy atom. The molecule has 4 rings (SSSR count). The van der Waals surface area contributed by atoms with Crippen LogP contribution in [0.2, 0.25) is 5.02 Å². The van der Waals surface area contributed by atoms with E-state index in [1.165, 1.54) is 6.20 Å². The van der Waals surface area contributed by atoms with Crippen molar-refractivity contribution >= 4 is 34.9 Å². The predicted molar refractivity (Wildman–Crippen MR) is 104 cm³/mol. The minimum absolute atomic E-state index is 0.0873. The summed E-state index contributed by atoms with van der Waals surface area (Å²) in [4.78, 5) is 35.6. The number of halogens is 1. The second-order valence-electron chi connectivity index (χ2n) is 6.77. The van der Waals surface area contributed by atoms with E-state index in [1.807, 2.05) is 0 Å². The van der Waals surface area contributed by atoms with Crippen molar-refractivity contribution in [3.05, 3.63) is 53.1 Å². The number of amides is 2. The zero-order chi connectivity index (χ0) is 19.7. The molecule has 1 aliphatic heterocycles. The molecule has 0 radical (unpaired) electrons. The Morgan fingerprint density at radius 1 is 1.21 bits per heavy atom. The van der Waals surface area contributed by atoms with Gasteiger partial charge in [-0.1, -0.05) is 11.6 Å². The Bertz CT molecular complexity index is 1020. The summed E-state index contributed by atoms with van der Waals surface area (Å²) in [6, 6.07) is 5.12. The van der Waals surface area contributed by atoms with Crippen molar-refractivity contribution < 1.29 is 9.59 Å². The zero-order valence-corrected chi connectivity index (χ0v) is 16.1. The van der Waals surface area contributed by atoms with Crippen LogP contribution in [0.1, 0.15) is 28.9 Å². The molecule has 1 aliphatic rings. The van der Waals surface area contributed by atoms with Gasteiger partial charge < -0.3 is 10.2 Å². The first-order valence-electron chi connectivity index (χ1n) is 9.04. The topological polar surface area (TPSA) is 92.5 Å². The highest BCUT2D eigenvalue weighted by Crippen LogP contribution is 2.23. The van der Waals surface area contributed by atoms with Gasteiger partial charge >= 0.3 is 0 Å². The second-order valence-corrected chi connectivity index (χ2v) is 7.20. The molecule has 0 atom stereocenters. The van der Waals surface area contributed by atoms with Crippen LogP contribution in [0.4, 0.5) is 5.82 Å². The van der Waals surface area contributed by atoms with Gasteiger partial charge in [0.1, 0.15) is 11.4 Å². The van der Waals surface area contributed by atoms with Crippen LogP contribution in [0.15, 0.2) is 36.8 Å². The molecule has 1 N–H and O–H groups in total. The van der Waals surface area contributed by atoms with Gasteiger partial charge in [-0.15, -0.1) is 0 Å². The lowest BCUT2D eigenvalue weighted by atomic mass is 9.95. The van der Waals surface area contributed by atoms with E-state index in [-0.39, 0.29) is 17.7 Å². The summed E-state index contributed by atoms with van der Waals surface area (Å²) < 4.78 is 1.61. The maximum Gasteiger partial charge on any atom is 0.259 e. The molecule has 2 amide bonds. The van der Waals surface area contributed by atoms with Gasteiger partial charge in [-0.2, -0.15) is 5.10 Å². The van der Waals surface area contributed by atoms with Gasteiger partial charge in [0.2, 0.25) is 5.91 Å². The Kier molecular flexibility index (Phi) is 4.95. The third kappa shape index (κ3) is 3.55. The molecule has 0 aliphatic carbocycles. The maximum absolute atomic E-state index is 13.0. The molecule has 28 heavy (non-hydrogen) atoms. The van der Waals surface area contributed by atoms with Crippen molar-refractivity contribution in [3.8, 4) is 0 Å². The Balaban J connectivity index is 1.40. The van der Waals surface area contributed by atoms with E-state index < -0.39 is 0 Å². The van der Waals surface area contributed by atoms with Crippen molar-refractivity contribution in [2.24, 2.45) is 5.92 Å². The number of carbonyl (C=O) groups excluding carboxylic acids is 2. The van der Waals surface area contributed by atoms with E-state index in [2.05, 4.69) is 20.4 Å². The van der Waals surface area contributed by atoms with Crippen molar-refractivity contribution in [3.63, 3.8) is 0 Å². The smallest absolute Gasteiger partial charge is 0.259 e. The molecule has 3 aromatic heterocycles. The number of hydrogen-bond donors (Lipinski definition) is 1. The van der Waals surface area contributed by atoms with Crippen LogP contribution in [0.25, 0.3) is 5.65 Å². The summed E-state index contributed by atoms with van der Waals surface area (Å²) in [5, 5.41) is 7.68. The second kappa shape index (κ2) is 7.55. The number of hydrogen-bond acceptors (Lipinski definition) is 5. The summed E-state index contributed by atoms with van der Waals surface area (Å²) in [7, 11) is 0. The Hall–Kier alpha value is -3.00. The Labute approximate surface area is 166 Å². The fourth-order valence-corrected chi connectivity index (χ4v) is 3.54. The molecule has 1 saturated heterocycles. The lowest BCUT2D eigenvalue weighted by molar-refractivity contribution is -0.121. The molecular formula is C19H19ClN6O2. The summed E-state index contributed by atoms with van der Waals surface area (Å²) in [5.74, 6) is 0.130. The minimum atomic E-state index is -0.162. The summed E-state index contributed by atoms with van der Waals surface area (Å²) in [5.41, 5.74) is 1.73. The number of aromatic nitrogens is 4. The van der Waals surface area contributed by atoms with E-state index in [9.17, 15) is 9.59 Å². The number of fused-ring (bicyclic) bond motifs is 1. The minimum Gasteiger partial charge on any atom is -0.338 e. The number of pyridine rings is 1. The number of anilines is 1. The van der Waals surface area contributed by atoms with E-state index >= 15 is 0 Å². The molecular weight excluding hydrogens is 380 g/mol. The first-order valence-corrected chi connectivity index (χ1v) is 9.42. The average Bonchev–Trinajstić information content (AvgIpc) is 3.05. The number of aryl methyl sites for hydroxylation is 1. The highest BCUT2D eigenvalue weighted by Gasteiger charge is 2.30. The Morgan fingerprint density at radius 3 is 2.71 bits per heavy atom. The first-order chi connectivity index (χ1) is 13.5. The highest BCUT2D eigenvalue weighted by atomic mass is 35.5. The lowest BCUT2D eigenvalue weighted by Crippen LogP contribution is -2.41. The van der Waals surface area contributed by atoms with Gasteiger partial charge in [0.25, 0.3) is 5.91 Å². The van der Waals surface area contributed by atoms with Gasteiger partial charge in [-0.3, -0.25) is 9.59 Å². The largest absolute Gasteiger partial charge is 0.338 e. The molecule has 0 saturated carbocycles. The molecule has 0 aromatic carbocycles. The molecule has 4 heterocycles. The third-order valence-corrected chi connectivity index (χ3v) is 5.14. The number of nitrogens with one attached hydrogen (secondary N) is 1. The summed E-state index contributed by atoms with van der Waals surface area (Å²) >= 11 is 5.81. The standard InChI is InChI=1S/C19H19ClN6O2/c1-12-16(17-21-7-2-8-26(17)24-12)19(28)25-9-5-13(6-10-25)18(27)23-15-4-3-14(20)11-22-15/h2-4,7-8,11,13H,5-6,9-10H2,1H3,(H,22,23,27). The van der Waals surface area contributed by atoms with Crippen molar-refractivity contribution in [2.45, 2.75) is 19.8 Å². The molecule has 0 unspecified atom stereocenters. The maximum atomic E-state index is 13.0. The monoisotopic (exact) mass is 398 g/mol. The molecule has 1 fully saturated rings. The molecule has 0 bridgehead atoms. The van der Waals surface area contributed by atoms with Crippen molar-refractivity contribution in [2.75, 3.05) is 18.4 Å². The zero-order valence-electron chi connectivity index (χ0n) is 15.3. The van der Waals surface area contributed by atoms with Crippen molar-refractivity contribution in [1.82, 2.24) is 24.5 Å². The number of carbonyl (C=O) groups is 2. The summed E-state index contributed by atoms with van der Waals surface area (Å²) in [6.07, 6.45) is 6.10. The molecule has 8 nitrogen and oxygen atoms in total. The van der Waals surface area contributed by atoms with Gasteiger partial charge in [0.05, 0.1) is 10.7 Å². The summed E-state index contributed by atoms with van der Waals surface area (Å²) in [6.45, 7) is 2.82. The normalized spacial score (nSPS) is 15.0. The van der Waals surface area contributed by atoms with Crippen LogP contribution in [-0.2, 0) is 4.79 Å². The van der Waals surface area contributed by atoms with Crippen molar-refractivity contribution in [1.29, 1.82) is 0 Å². The lowest BCUT2D eigenvalue weighted by Gasteiger charge is -2.31. The number of likely N-dealkylation sites (tertiary alicyclic amines) is 1. The van der Waals surface area contributed by atoms with Gasteiger partial charge in [-0.05, 0) is 38.0 Å². The van der Waals surface area contributed by atoms with Gasteiger partial charge in [0.15, 0.2) is 5.65 Å². The first kappa shape index (κ1) is 18.4. The molecule has 3 aromatic rings. The molecule has 144 valence electrons. The van der Waals surface area contributed by atoms with Crippen LogP contribution in [-0.4, -0.2) is 49.4 Å². The van der Waals surface area contributed by atoms with Crippen LogP contribution in [0, 0.1) is 12.8 Å². The van der Waals surface area contributed by atoms with Gasteiger partial charge in [-0.25, -0.2) is 14.5 Å².